The maximum Gasteiger partial charge on any atom is 0.255 e. The van der Waals surface area contributed by atoms with Gasteiger partial charge in [-0.25, -0.2) is 0 Å². The van der Waals surface area contributed by atoms with Crippen molar-refractivity contribution in [2.45, 2.75) is 0 Å². The number of nitrogens with one attached hydrogen (secondary N) is 1. The van der Waals surface area contributed by atoms with Crippen LogP contribution >= 0.6 is 27.5 Å². The summed E-state index contributed by atoms with van der Waals surface area (Å²) in [6.45, 7) is 0. The lowest BCUT2D eigenvalue weighted by molar-refractivity contribution is 0.102. The largest absolute Gasteiger partial charge is 0.409 e. The van der Waals surface area contributed by atoms with Crippen molar-refractivity contribution in [2.24, 2.45) is 10.9 Å². The van der Waals surface area contributed by atoms with E-state index in [1.807, 2.05) is 0 Å². The molecule has 0 radical (unpaired) electrons. The molecule has 0 atom stereocenters. The first-order valence-corrected chi connectivity index (χ1v) is 7.02. The molecule has 0 aromatic heterocycles. The Morgan fingerprint density at radius 3 is 2.38 bits per heavy atom. The molecule has 0 aliphatic rings. The maximum atomic E-state index is 12.1. The molecular weight excluding hydrogens is 358 g/mol. The number of hydrogen-bond acceptors (Lipinski definition) is 3. The van der Waals surface area contributed by atoms with E-state index in [1.54, 1.807) is 42.5 Å². The van der Waals surface area contributed by atoms with Crippen LogP contribution in [0.1, 0.15) is 15.9 Å². The Bertz CT molecular complexity index is 702. The van der Waals surface area contributed by atoms with Gasteiger partial charge in [0.15, 0.2) is 5.84 Å². The van der Waals surface area contributed by atoms with E-state index in [2.05, 4.69) is 26.4 Å². The second-order valence-corrected chi connectivity index (χ2v) is 5.41. The van der Waals surface area contributed by atoms with Crippen molar-refractivity contribution in [3.05, 3.63) is 63.1 Å². The molecule has 0 unspecified atom stereocenters. The zero-order valence-corrected chi connectivity index (χ0v) is 13.0. The summed E-state index contributed by atoms with van der Waals surface area (Å²) in [6.07, 6.45) is 0. The maximum absolute atomic E-state index is 12.1. The highest BCUT2D eigenvalue weighted by Gasteiger charge is 2.08. The lowest BCUT2D eigenvalue weighted by Gasteiger charge is -2.07. The van der Waals surface area contributed by atoms with Crippen LogP contribution in [0, 0.1) is 0 Å². The molecule has 0 saturated heterocycles. The average Bonchev–Trinajstić information content (AvgIpc) is 2.50. The van der Waals surface area contributed by atoms with Crippen molar-refractivity contribution < 1.29 is 10.0 Å². The van der Waals surface area contributed by atoms with Crippen LogP contribution in [0.25, 0.3) is 0 Å². The fourth-order valence-electron chi connectivity index (χ4n) is 1.63. The van der Waals surface area contributed by atoms with Gasteiger partial charge in [0.1, 0.15) is 0 Å². The fourth-order valence-corrected chi connectivity index (χ4v) is 2.05. The molecule has 108 valence electrons. The number of benzene rings is 2. The molecule has 0 saturated carbocycles. The predicted molar refractivity (Wildman–Crippen MR) is 86.1 cm³/mol. The van der Waals surface area contributed by atoms with Crippen LogP contribution in [-0.2, 0) is 0 Å². The van der Waals surface area contributed by atoms with Gasteiger partial charge in [0, 0.05) is 21.3 Å². The van der Waals surface area contributed by atoms with Gasteiger partial charge in [0.05, 0.1) is 5.02 Å². The number of halogens is 2. The summed E-state index contributed by atoms with van der Waals surface area (Å²) in [6, 6.07) is 11.5. The summed E-state index contributed by atoms with van der Waals surface area (Å²) in [4.78, 5) is 12.1. The van der Waals surface area contributed by atoms with Crippen molar-refractivity contribution in [3.8, 4) is 0 Å². The van der Waals surface area contributed by atoms with E-state index in [0.717, 1.165) is 4.47 Å². The molecule has 0 heterocycles. The topological polar surface area (TPSA) is 87.7 Å². The van der Waals surface area contributed by atoms with E-state index in [4.69, 9.17) is 22.5 Å². The Morgan fingerprint density at radius 1 is 1.19 bits per heavy atom. The first-order valence-electron chi connectivity index (χ1n) is 5.85. The highest BCUT2D eigenvalue weighted by Crippen LogP contribution is 2.25. The van der Waals surface area contributed by atoms with E-state index in [1.165, 1.54) is 0 Å². The second kappa shape index (κ2) is 6.60. The third-order valence-electron chi connectivity index (χ3n) is 2.73. The Labute approximate surface area is 134 Å². The summed E-state index contributed by atoms with van der Waals surface area (Å²) in [7, 11) is 0. The summed E-state index contributed by atoms with van der Waals surface area (Å²) in [5, 5.41) is 14.7. The summed E-state index contributed by atoms with van der Waals surface area (Å²) >= 11 is 9.25. The number of nitrogens with zero attached hydrogens (tertiary/aromatic N) is 1. The standard InChI is InChI=1S/C14H11BrClN3O2/c15-11-6-5-10(7-12(11)16)18-14(20)9-3-1-8(2-4-9)13(17)19-21/h1-7,21H,(H2,17,19)(H,18,20). The van der Waals surface area contributed by atoms with Gasteiger partial charge in [-0.15, -0.1) is 0 Å². The predicted octanol–water partition coefficient (Wildman–Crippen LogP) is 3.45. The molecule has 2 aromatic carbocycles. The lowest BCUT2D eigenvalue weighted by atomic mass is 10.1. The van der Waals surface area contributed by atoms with Crippen molar-refractivity contribution in [1.82, 2.24) is 0 Å². The fraction of sp³-hybridized carbons (Fsp3) is 0. The number of amides is 1. The van der Waals surface area contributed by atoms with Crippen LogP contribution in [-0.4, -0.2) is 17.0 Å². The molecule has 0 spiro atoms. The number of carbonyl (C=O) groups is 1. The highest BCUT2D eigenvalue weighted by atomic mass is 79.9. The number of rotatable bonds is 3. The van der Waals surface area contributed by atoms with Gasteiger partial charge in [-0.3, -0.25) is 4.79 Å². The third kappa shape index (κ3) is 3.74. The molecule has 0 bridgehead atoms. The average molecular weight is 369 g/mol. The molecule has 4 N–H and O–H groups in total. The first kappa shape index (κ1) is 15.3. The molecule has 1 amide bonds. The first-order chi connectivity index (χ1) is 10.0. The van der Waals surface area contributed by atoms with Gasteiger partial charge in [0.25, 0.3) is 5.91 Å². The van der Waals surface area contributed by atoms with Crippen LogP contribution in [0.2, 0.25) is 5.02 Å². The Kier molecular flexibility index (Phi) is 4.82. The van der Waals surface area contributed by atoms with Crippen molar-refractivity contribution in [2.75, 3.05) is 5.32 Å². The Morgan fingerprint density at radius 2 is 1.81 bits per heavy atom. The molecule has 2 rings (SSSR count). The zero-order chi connectivity index (χ0) is 15.4. The summed E-state index contributed by atoms with van der Waals surface area (Å²) < 4.78 is 0.755. The van der Waals surface area contributed by atoms with E-state index < -0.39 is 0 Å². The number of oxime groups is 1. The van der Waals surface area contributed by atoms with Gasteiger partial charge in [-0.2, -0.15) is 0 Å². The number of nitrogens with two attached hydrogens (primary N) is 1. The molecular formula is C14H11BrClN3O2. The Hall–Kier alpha value is -2.05. The third-order valence-corrected chi connectivity index (χ3v) is 3.96. The molecule has 2 aromatic rings. The second-order valence-electron chi connectivity index (χ2n) is 4.15. The van der Waals surface area contributed by atoms with E-state index in [-0.39, 0.29) is 11.7 Å². The minimum Gasteiger partial charge on any atom is -0.409 e. The number of carbonyl (C=O) groups excluding carboxylic acids is 1. The Balaban J connectivity index is 2.14. The van der Waals surface area contributed by atoms with E-state index >= 15 is 0 Å². The quantitative estimate of drug-likeness (QED) is 0.335. The number of anilines is 1. The van der Waals surface area contributed by atoms with Gasteiger partial charge >= 0.3 is 0 Å². The van der Waals surface area contributed by atoms with Crippen molar-refractivity contribution in [1.29, 1.82) is 0 Å². The minimum absolute atomic E-state index is 0.0124. The highest BCUT2D eigenvalue weighted by molar-refractivity contribution is 9.10. The summed E-state index contributed by atoms with van der Waals surface area (Å²) in [5.74, 6) is -0.291. The molecule has 0 fully saturated rings. The monoisotopic (exact) mass is 367 g/mol. The normalized spacial score (nSPS) is 11.2. The molecule has 0 aliphatic carbocycles. The molecule has 7 heteroatoms. The van der Waals surface area contributed by atoms with Crippen LogP contribution in [0.15, 0.2) is 52.1 Å². The van der Waals surface area contributed by atoms with Crippen molar-refractivity contribution >= 4 is 45.0 Å². The zero-order valence-electron chi connectivity index (χ0n) is 10.7. The van der Waals surface area contributed by atoms with E-state index in [0.29, 0.717) is 21.8 Å². The minimum atomic E-state index is -0.278. The SMILES string of the molecule is N/C(=N/O)c1ccc(C(=O)Nc2ccc(Br)c(Cl)c2)cc1. The number of hydrogen-bond donors (Lipinski definition) is 3. The molecule has 0 aliphatic heterocycles. The van der Waals surface area contributed by atoms with E-state index in [9.17, 15) is 4.79 Å². The van der Waals surface area contributed by atoms with Gasteiger partial charge < -0.3 is 16.3 Å². The lowest BCUT2D eigenvalue weighted by Crippen LogP contribution is -2.15. The number of amidine groups is 1. The van der Waals surface area contributed by atoms with Crippen LogP contribution < -0.4 is 11.1 Å². The molecule has 5 nitrogen and oxygen atoms in total. The van der Waals surface area contributed by atoms with Gasteiger partial charge in [-0.1, -0.05) is 28.9 Å². The van der Waals surface area contributed by atoms with Crippen LogP contribution in [0.5, 0.6) is 0 Å². The summed E-state index contributed by atoms with van der Waals surface area (Å²) in [5.41, 5.74) is 7.02. The van der Waals surface area contributed by atoms with Gasteiger partial charge in [-0.05, 0) is 46.3 Å². The van der Waals surface area contributed by atoms with Gasteiger partial charge in [0.2, 0.25) is 0 Å². The van der Waals surface area contributed by atoms with Crippen LogP contribution in [0.4, 0.5) is 5.69 Å². The van der Waals surface area contributed by atoms with Crippen LogP contribution in [0.3, 0.4) is 0 Å². The smallest absolute Gasteiger partial charge is 0.255 e. The molecule has 21 heavy (non-hydrogen) atoms. The van der Waals surface area contributed by atoms with Crippen molar-refractivity contribution in [3.63, 3.8) is 0 Å².